The molecule has 0 amide bonds. The SMILES string of the molecule is CC=CCCC(C=CC)OC(=O)C(C)C(=O)c1ccc2ccccc2c1. The summed E-state index contributed by atoms with van der Waals surface area (Å²) < 4.78 is 5.55. The van der Waals surface area contributed by atoms with Gasteiger partial charge < -0.3 is 4.74 Å². The molecule has 2 aromatic rings. The number of hydrogen-bond donors (Lipinski definition) is 0. The summed E-state index contributed by atoms with van der Waals surface area (Å²) in [6.07, 6.45) is 8.95. The Morgan fingerprint density at radius 1 is 1.04 bits per heavy atom. The molecule has 0 aliphatic heterocycles. The number of rotatable bonds is 8. The van der Waals surface area contributed by atoms with Gasteiger partial charge in [0.1, 0.15) is 12.0 Å². The zero-order chi connectivity index (χ0) is 18.9. The van der Waals surface area contributed by atoms with E-state index in [0.29, 0.717) is 12.0 Å². The lowest BCUT2D eigenvalue weighted by Gasteiger charge is -2.17. The number of carbonyl (C=O) groups is 2. The molecule has 0 heterocycles. The number of allylic oxidation sites excluding steroid dienone is 3. The fraction of sp³-hybridized carbons (Fsp3) is 0.304. The molecule has 2 atom stereocenters. The van der Waals surface area contributed by atoms with Crippen LogP contribution >= 0.6 is 0 Å². The number of fused-ring (bicyclic) bond motifs is 1. The summed E-state index contributed by atoms with van der Waals surface area (Å²) >= 11 is 0. The third-order valence-electron chi connectivity index (χ3n) is 4.31. The quantitative estimate of drug-likeness (QED) is 0.273. The van der Waals surface area contributed by atoms with Crippen LogP contribution in [-0.4, -0.2) is 17.9 Å². The molecular weight excluding hydrogens is 324 g/mol. The fourth-order valence-electron chi connectivity index (χ4n) is 2.79. The average Bonchev–Trinajstić information content (AvgIpc) is 2.66. The van der Waals surface area contributed by atoms with Gasteiger partial charge in [0.15, 0.2) is 5.78 Å². The van der Waals surface area contributed by atoms with Gasteiger partial charge in [-0.3, -0.25) is 9.59 Å². The van der Waals surface area contributed by atoms with Crippen molar-refractivity contribution < 1.29 is 14.3 Å². The number of esters is 1. The molecule has 0 aromatic heterocycles. The summed E-state index contributed by atoms with van der Waals surface area (Å²) in [7, 11) is 0. The van der Waals surface area contributed by atoms with E-state index in [1.54, 1.807) is 13.0 Å². The summed E-state index contributed by atoms with van der Waals surface area (Å²) in [4.78, 5) is 25.1. The Hall–Kier alpha value is -2.68. The van der Waals surface area contributed by atoms with Crippen LogP contribution in [0.1, 0.15) is 44.0 Å². The van der Waals surface area contributed by atoms with Crippen molar-refractivity contribution in [3.8, 4) is 0 Å². The van der Waals surface area contributed by atoms with Gasteiger partial charge in [0.25, 0.3) is 0 Å². The van der Waals surface area contributed by atoms with E-state index < -0.39 is 11.9 Å². The first kappa shape index (κ1) is 19.6. The average molecular weight is 350 g/mol. The monoisotopic (exact) mass is 350 g/mol. The molecule has 0 radical (unpaired) electrons. The van der Waals surface area contributed by atoms with Gasteiger partial charge in [-0.1, -0.05) is 54.6 Å². The Labute approximate surface area is 155 Å². The second kappa shape index (κ2) is 9.71. The zero-order valence-electron chi connectivity index (χ0n) is 15.6. The molecule has 0 spiro atoms. The highest BCUT2D eigenvalue weighted by atomic mass is 16.5. The van der Waals surface area contributed by atoms with Gasteiger partial charge in [0.2, 0.25) is 0 Å². The van der Waals surface area contributed by atoms with Crippen molar-refractivity contribution in [3.63, 3.8) is 0 Å². The molecule has 0 aliphatic carbocycles. The van der Waals surface area contributed by atoms with Gasteiger partial charge in [-0.05, 0) is 56.5 Å². The summed E-state index contributed by atoms with van der Waals surface area (Å²) in [5.41, 5.74) is 0.532. The van der Waals surface area contributed by atoms with E-state index in [9.17, 15) is 9.59 Å². The largest absolute Gasteiger partial charge is 0.458 e. The maximum absolute atomic E-state index is 12.7. The van der Waals surface area contributed by atoms with Crippen LogP contribution in [0.5, 0.6) is 0 Å². The van der Waals surface area contributed by atoms with Crippen LogP contribution in [0.15, 0.2) is 66.8 Å². The van der Waals surface area contributed by atoms with E-state index in [0.717, 1.165) is 17.2 Å². The number of ether oxygens (including phenoxy) is 1. The second-order valence-electron chi connectivity index (χ2n) is 6.30. The van der Waals surface area contributed by atoms with Crippen LogP contribution in [0.4, 0.5) is 0 Å². The first-order valence-corrected chi connectivity index (χ1v) is 9.04. The number of carbonyl (C=O) groups excluding carboxylic acids is 2. The highest BCUT2D eigenvalue weighted by Crippen LogP contribution is 2.19. The van der Waals surface area contributed by atoms with Gasteiger partial charge >= 0.3 is 5.97 Å². The van der Waals surface area contributed by atoms with Crippen molar-refractivity contribution in [2.75, 3.05) is 0 Å². The third kappa shape index (κ3) is 5.16. The van der Waals surface area contributed by atoms with E-state index in [1.807, 2.05) is 74.5 Å². The molecular formula is C23H26O3. The molecule has 2 aromatic carbocycles. The zero-order valence-corrected chi connectivity index (χ0v) is 15.6. The van der Waals surface area contributed by atoms with Crippen LogP contribution in [0.2, 0.25) is 0 Å². The summed E-state index contributed by atoms with van der Waals surface area (Å²) in [6, 6.07) is 13.3. The maximum atomic E-state index is 12.7. The van der Waals surface area contributed by atoms with Crippen molar-refractivity contribution in [2.45, 2.75) is 39.7 Å². The molecule has 3 heteroatoms. The number of ketones is 1. The Morgan fingerprint density at radius 3 is 2.46 bits per heavy atom. The normalized spacial score (nSPS) is 14.0. The van der Waals surface area contributed by atoms with Crippen molar-refractivity contribution in [2.24, 2.45) is 5.92 Å². The summed E-state index contributed by atoms with van der Waals surface area (Å²) in [5, 5.41) is 2.05. The lowest BCUT2D eigenvalue weighted by molar-refractivity contribution is -0.149. The predicted molar refractivity (Wildman–Crippen MR) is 106 cm³/mol. The Balaban J connectivity index is 2.08. The van der Waals surface area contributed by atoms with Gasteiger partial charge in [0.05, 0.1) is 0 Å². The topological polar surface area (TPSA) is 43.4 Å². The van der Waals surface area contributed by atoms with Crippen LogP contribution in [0, 0.1) is 5.92 Å². The molecule has 0 saturated heterocycles. The van der Waals surface area contributed by atoms with Crippen molar-refractivity contribution in [3.05, 3.63) is 72.3 Å². The van der Waals surface area contributed by atoms with E-state index >= 15 is 0 Å². The molecule has 0 N–H and O–H groups in total. The van der Waals surface area contributed by atoms with E-state index in [-0.39, 0.29) is 11.9 Å². The van der Waals surface area contributed by atoms with E-state index in [4.69, 9.17) is 4.74 Å². The van der Waals surface area contributed by atoms with Gasteiger partial charge in [-0.15, -0.1) is 0 Å². The highest BCUT2D eigenvalue weighted by molar-refractivity contribution is 6.09. The molecule has 2 unspecified atom stereocenters. The van der Waals surface area contributed by atoms with Crippen LogP contribution in [0.25, 0.3) is 10.8 Å². The minimum absolute atomic E-state index is 0.214. The lowest BCUT2D eigenvalue weighted by atomic mass is 9.97. The minimum atomic E-state index is -0.828. The Bertz CT molecular complexity index is 817. The molecule has 0 bridgehead atoms. The first-order valence-electron chi connectivity index (χ1n) is 9.04. The number of Topliss-reactive ketones (excluding diaryl/α,β-unsaturated/α-hetero) is 1. The molecule has 0 saturated carbocycles. The molecule has 3 nitrogen and oxygen atoms in total. The third-order valence-corrected chi connectivity index (χ3v) is 4.31. The number of hydrogen-bond acceptors (Lipinski definition) is 3. The molecule has 0 aliphatic rings. The Kier molecular flexibility index (Phi) is 7.34. The molecule has 136 valence electrons. The predicted octanol–water partition coefficient (Wildman–Crippen LogP) is 5.50. The molecule has 26 heavy (non-hydrogen) atoms. The van der Waals surface area contributed by atoms with Crippen molar-refractivity contribution in [1.29, 1.82) is 0 Å². The Morgan fingerprint density at radius 2 is 1.77 bits per heavy atom. The van der Waals surface area contributed by atoms with Gasteiger partial charge in [-0.2, -0.15) is 0 Å². The van der Waals surface area contributed by atoms with Gasteiger partial charge in [0, 0.05) is 5.56 Å². The first-order chi connectivity index (χ1) is 12.6. The minimum Gasteiger partial charge on any atom is -0.458 e. The highest BCUT2D eigenvalue weighted by Gasteiger charge is 2.26. The second-order valence-corrected chi connectivity index (χ2v) is 6.30. The standard InChI is InChI=1S/C23H26O3/c1-4-6-7-13-21(10-5-2)26-23(25)17(3)22(24)20-15-14-18-11-8-9-12-19(18)16-20/h4-6,8-12,14-17,21H,7,13H2,1-3H3. The fourth-order valence-corrected chi connectivity index (χ4v) is 2.79. The van der Waals surface area contributed by atoms with Crippen LogP contribution < -0.4 is 0 Å². The summed E-state index contributed by atoms with van der Waals surface area (Å²) in [5.74, 6) is -1.52. The summed E-state index contributed by atoms with van der Waals surface area (Å²) in [6.45, 7) is 5.46. The lowest BCUT2D eigenvalue weighted by Crippen LogP contribution is -2.27. The van der Waals surface area contributed by atoms with Gasteiger partial charge in [-0.25, -0.2) is 0 Å². The van der Waals surface area contributed by atoms with Crippen molar-refractivity contribution in [1.82, 2.24) is 0 Å². The van der Waals surface area contributed by atoms with E-state index in [2.05, 4.69) is 0 Å². The van der Waals surface area contributed by atoms with Crippen LogP contribution in [0.3, 0.4) is 0 Å². The maximum Gasteiger partial charge on any atom is 0.317 e. The molecule has 0 fully saturated rings. The van der Waals surface area contributed by atoms with Crippen LogP contribution in [-0.2, 0) is 9.53 Å². The van der Waals surface area contributed by atoms with Crippen molar-refractivity contribution >= 4 is 22.5 Å². The smallest absolute Gasteiger partial charge is 0.317 e. The molecule has 2 rings (SSSR count). The van der Waals surface area contributed by atoms with E-state index in [1.165, 1.54) is 0 Å². The number of benzene rings is 2.